The molecule has 0 bridgehead atoms. The molecule has 2 amide bonds. The summed E-state index contributed by atoms with van der Waals surface area (Å²) in [5.41, 5.74) is -2.81. The molecular weight excluding hydrogens is 1120 g/mol. The third-order valence-electron chi connectivity index (χ3n) is 7.32. The second kappa shape index (κ2) is 30.3. The Kier molecular flexibility index (Phi) is 26.6. The molecule has 0 spiro atoms. The summed E-state index contributed by atoms with van der Waals surface area (Å²) in [6, 6.07) is 8.60. The summed E-state index contributed by atoms with van der Waals surface area (Å²) in [6.45, 7) is -4.48. The fourth-order valence-electron chi connectivity index (χ4n) is 4.57. The van der Waals surface area contributed by atoms with Gasteiger partial charge in [-0.25, -0.2) is 32.3 Å². The number of anilines is 1. The molecule has 6 N–H and O–H groups in total. The minimum absolute atomic E-state index is 0.0398. The molecular formula is C39H41ClF7N6O19PS2. The number of sulfonamides is 1. The van der Waals surface area contributed by atoms with Crippen molar-refractivity contribution in [3.8, 4) is 23.3 Å². The van der Waals surface area contributed by atoms with Gasteiger partial charge in [0.05, 0.1) is 65.3 Å². The Labute approximate surface area is 426 Å². The first kappa shape index (κ1) is 65.9. The highest BCUT2D eigenvalue weighted by molar-refractivity contribution is 7.94. The van der Waals surface area contributed by atoms with Gasteiger partial charge < -0.3 is 48.2 Å². The normalized spacial score (nSPS) is 12.1. The van der Waals surface area contributed by atoms with Crippen molar-refractivity contribution >= 4 is 81.7 Å². The highest BCUT2D eigenvalue weighted by atomic mass is 35.5. The predicted octanol–water partition coefficient (Wildman–Crippen LogP) is 5.71. The van der Waals surface area contributed by atoms with Crippen LogP contribution in [0.5, 0.6) is 23.3 Å². The monoisotopic (exact) mass is 1160 g/mol. The van der Waals surface area contributed by atoms with Gasteiger partial charge in [0.15, 0.2) is 6.10 Å². The summed E-state index contributed by atoms with van der Waals surface area (Å²) in [6.07, 6.45) is -0.0672. The fourth-order valence-corrected chi connectivity index (χ4v) is 6.29. The lowest BCUT2D eigenvalue weighted by Crippen LogP contribution is -2.35. The Hall–Kier alpha value is -7.10. The average molecular weight is 1160 g/mol. The molecule has 4 aromatic rings. The standard InChI is InChI=1S/C19H15ClF3NO7.C14H10F4N4O7S.C3H8NO5P.C3H9S/c1-3-29-17(25)10(2)30-18(26)13-9-12(5-6-15(13)24(27)28)31-16-7-4-11(8-14(16)20)19(21,22)23;15-11(16)28-8-5-9(29-12(17)18)20-13(19-8)21-14(25)22-30(26,27)7-4-2-1-3-6(7)10(23)24;5-3(6)1-4-2-10(7,8)9;1-4(2)3/h4-10H,3H2,1-2H3;1-5,11-12H,(H,23,24)(H2,19,20,21,22,25);4H,1-2H2,(H,5,6)(H2,7,8,9);1-3H3/q;;;+1/p-1. The Morgan fingerprint density at radius 1 is 0.907 bits per heavy atom. The van der Waals surface area contributed by atoms with Gasteiger partial charge in [0.2, 0.25) is 17.7 Å². The molecule has 25 nitrogen and oxygen atoms in total. The number of amides is 2. The SMILES string of the molecule is CCOC(=O)C(C)OC(=O)c1cc(Oc2ccc(C(F)(F)F)cc2Cl)ccc1[N+](=O)[O-].C[S+](C)C.O=C(Nc1nc(OC(F)F)cc(OC(F)F)n1)NS(=O)(=O)c1ccccc1C(=O)O.O=C(O)CNCP(=O)([O-])O. The van der Waals surface area contributed by atoms with Crippen molar-refractivity contribution in [3.05, 3.63) is 98.6 Å². The summed E-state index contributed by atoms with van der Waals surface area (Å²) in [5.74, 6) is -7.98. The Bertz CT molecular complexity index is 2770. The van der Waals surface area contributed by atoms with Gasteiger partial charge in [0, 0.05) is 12.1 Å². The molecule has 4 rings (SSSR count). The van der Waals surface area contributed by atoms with E-state index in [1.807, 2.05) is 5.32 Å². The van der Waals surface area contributed by atoms with E-state index >= 15 is 0 Å². The highest BCUT2D eigenvalue weighted by Gasteiger charge is 2.32. The molecule has 1 heterocycles. The van der Waals surface area contributed by atoms with Crippen LogP contribution in [0, 0.1) is 10.1 Å². The Morgan fingerprint density at radius 2 is 1.47 bits per heavy atom. The number of nitrogens with one attached hydrogen (secondary N) is 3. The number of benzene rings is 3. The summed E-state index contributed by atoms with van der Waals surface area (Å²) in [5, 5.41) is 31.6. The van der Waals surface area contributed by atoms with E-state index in [2.05, 4.69) is 38.2 Å². The maximum Gasteiger partial charge on any atom is 0.416 e. The number of carboxylic acid groups (broad SMARTS) is 2. The number of aromatic nitrogens is 2. The Morgan fingerprint density at radius 3 is 1.93 bits per heavy atom. The highest BCUT2D eigenvalue weighted by Crippen LogP contribution is 2.37. The van der Waals surface area contributed by atoms with Crippen LogP contribution in [0.25, 0.3) is 0 Å². The number of alkyl halides is 7. The topological polar surface area (TPSA) is 371 Å². The van der Waals surface area contributed by atoms with Crippen LogP contribution in [0.15, 0.2) is 71.6 Å². The van der Waals surface area contributed by atoms with E-state index in [1.54, 1.807) is 12.2 Å². The van der Waals surface area contributed by atoms with Gasteiger partial charge in [0.1, 0.15) is 29.6 Å². The van der Waals surface area contributed by atoms with Crippen molar-refractivity contribution in [1.82, 2.24) is 20.0 Å². The quantitative estimate of drug-likeness (QED) is 0.0163. The molecule has 0 saturated heterocycles. The zero-order chi connectivity index (χ0) is 57.6. The van der Waals surface area contributed by atoms with E-state index in [-0.39, 0.29) is 23.1 Å². The molecule has 2 unspecified atom stereocenters. The number of halogens is 8. The predicted molar refractivity (Wildman–Crippen MR) is 245 cm³/mol. The van der Waals surface area contributed by atoms with Gasteiger partial charge in [-0.1, -0.05) is 23.7 Å². The molecule has 0 saturated carbocycles. The molecule has 36 heteroatoms. The van der Waals surface area contributed by atoms with Crippen molar-refractivity contribution in [2.24, 2.45) is 0 Å². The van der Waals surface area contributed by atoms with E-state index in [0.717, 1.165) is 42.5 Å². The lowest BCUT2D eigenvalue weighted by Gasteiger charge is -2.14. The molecule has 0 radical (unpaired) electrons. The van der Waals surface area contributed by atoms with E-state index in [4.69, 9.17) is 40.9 Å². The third kappa shape index (κ3) is 25.6. The maximum absolute atomic E-state index is 12.8. The van der Waals surface area contributed by atoms with Crippen molar-refractivity contribution in [2.75, 3.05) is 43.5 Å². The van der Waals surface area contributed by atoms with Gasteiger partial charge in [-0.15, -0.1) is 0 Å². The number of carboxylic acids is 2. The second-order valence-electron chi connectivity index (χ2n) is 13.8. The zero-order valence-corrected chi connectivity index (χ0v) is 42.0. The molecule has 0 aliphatic rings. The van der Waals surface area contributed by atoms with Crippen molar-refractivity contribution < 1.29 is 116 Å². The van der Waals surface area contributed by atoms with Crippen molar-refractivity contribution in [3.63, 3.8) is 0 Å². The van der Waals surface area contributed by atoms with E-state index in [9.17, 15) is 82.7 Å². The van der Waals surface area contributed by atoms with Crippen LogP contribution in [0.1, 0.15) is 40.1 Å². The van der Waals surface area contributed by atoms with Gasteiger partial charge in [-0.3, -0.25) is 25.5 Å². The number of aromatic carboxylic acids is 1. The first-order valence-electron chi connectivity index (χ1n) is 19.7. The van der Waals surface area contributed by atoms with Crippen LogP contribution in [0.3, 0.4) is 0 Å². The fraction of sp³-hybridized carbons (Fsp3) is 0.308. The number of ether oxygens (including phenoxy) is 5. The minimum atomic E-state index is -4.71. The van der Waals surface area contributed by atoms with Crippen LogP contribution in [0.2, 0.25) is 5.02 Å². The van der Waals surface area contributed by atoms with Gasteiger partial charge >= 0.3 is 49.3 Å². The van der Waals surface area contributed by atoms with Crippen molar-refractivity contribution in [2.45, 2.75) is 44.2 Å². The number of aliphatic carboxylic acids is 1. The first-order chi connectivity index (χ1) is 34.6. The summed E-state index contributed by atoms with van der Waals surface area (Å²) in [7, 11) is -8.42. The molecule has 0 aliphatic heterocycles. The summed E-state index contributed by atoms with van der Waals surface area (Å²) >= 11 is 5.83. The molecule has 3 aromatic carbocycles. The molecule has 75 heavy (non-hydrogen) atoms. The molecule has 0 fully saturated rings. The average Bonchev–Trinajstić information content (AvgIpc) is 3.25. The third-order valence-corrected chi connectivity index (χ3v) is 9.63. The Balaban J connectivity index is 0.000000599. The largest absolute Gasteiger partial charge is 0.778 e. The molecule has 1 aromatic heterocycles. The van der Waals surface area contributed by atoms with Crippen LogP contribution in [0.4, 0.5) is 47.2 Å². The smallest absolute Gasteiger partial charge is 0.416 e. The van der Waals surface area contributed by atoms with Crippen LogP contribution >= 0.6 is 19.2 Å². The lowest BCUT2D eigenvalue weighted by atomic mass is 10.1. The second-order valence-corrected chi connectivity index (χ2v) is 19.9. The van der Waals surface area contributed by atoms with Gasteiger partial charge in [0.25, 0.3) is 15.7 Å². The van der Waals surface area contributed by atoms with Crippen LogP contribution < -0.4 is 34.5 Å². The van der Waals surface area contributed by atoms with Gasteiger partial charge in [-0.05, 0) is 61.1 Å². The number of nitrogens with zero attached hydrogens (tertiary/aromatic N) is 3. The van der Waals surface area contributed by atoms with E-state index in [0.29, 0.717) is 23.0 Å². The molecule has 414 valence electrons. The number of nitro benzene ring substituents is 1. The lowest BCUT2D eigenvalue weighted by molar-refractivity contribution is -0.385. The number of carbonyl (C=O) groups excluding carboxylic acids is 3. The van der Waals surface area contributed by atoms with E-state index < -0.39 is 136 Å². The first-order valence-corrected chi connectivity index (χ1v) is 25.7. The number of carbonyl (C=O) groups is 5. The van der Waals surface area contributed by atoms with Crippen LogP contribution in [-0.4, -0.2) is 126 Å². The summed E-state index contributed by atoms with van der Waals surface area (Å²) < 4.78 is 146. The number of nitro groups is 1. The molecule has 0 aliphatic carbocycles. The summed E-state index contributed by atoms with van der Waals surface area (Å²) in [4.78, 5) is 91.0. The number of hydrogen-bond donors (Lipinski definition) is 6. The molecule has 2 atom stereocenters. The number of rotatable bonds is 19. The van der Waals surface area contributed by atoms with E-state index in [1.165, 1.54) is 23.8 Å². The maximum atomic E-state index is 12.8. The number of urea groups is 1. The minimum Gasteiger partial charge on any atom is -0.778 e. The number of hydrogen-bond acceptors (Lipinski definition) is 19. The van der Waals surface area contributed by atoms with Crippen LogP contribution in [-0.2, 0) is 50.7 Å². The zero-order valence-electron chi connectivity index (χ0n) is 38.7. The van der Waals surface area contributed by atoms with Gasteiger partial charge in [-0.2, -0.15) is 40.7 Å². The van der Waals surface area contributed by atoms with Crippen molar-refractivity contribution in [1.29, 1.82) is 0 Å². The number of esters is 2.